The summed E-state index contributed by atoms with van der Waals surface area (Å²) in [4.78, 5) is 0. The summed E-state index contributed by atoms with van der Waals surface area (Å²) in [6.45, 7) is 2.22. The van der Waals surface area contributed by atoms with Crippen LogP contribution >= 0.6 is 11.6 Å². The van der Waals surface area contributed by atoms with E-state index in [0.29, 0.717) is 0 Å². The van der Waals surface area contributed by atoms with E-state index in [1.54, 1.807) is 0 Å². The first-order valence-corrected chi connectivity index (χ1v) is 6.13. The minimum Gasteiger partial charge on any atom is -0.324 e. The lowest BCUT2D eigenvalue weighted by atomic mass is 10.0. The fourth-order valence-electron chi connectivity index (χ4n) is 1.72. The minimum atomic E-state index is 0.0931. The van der Waals surface area contributed by atoms with Crippen molar-refractivity contribution < 1.29 is 0 Å². The van der Waals surface area contributed by atoms with E-state index in [4.69, 9.17) is 17.3 Å². The molecule has 0 saturated heterocycles. The number of halogens is 1. The molecule has 0 bridgehead atoms. The Labute approximate surface area is 97.6 Å². The van der Waals surface area contributed by atoms with Crippen LogP contribution in [0.15, 0.2) is 24.3 Å². The highest BCUT2D eigenvalue weighted by Gasteiger charge is 2.08. The molecule has 0 aliphatic rings. The van der Waals surface area contributed by atoms with E-state index in [1.165, 1.54) is 25.7 Å². The Morgan fingerprint density at radius 2 is 1.93 bits per heavy atom. The van der Waals surface area contributed by atoms with Gasteiger partial charge in [-0.1, -0.05) is 62.4 Å². The van der Waals surface area contributed by atoms with Gasteiger partial charge in [0.2, 0.25) is 0 Å². The normalized spacial score (nSPS) is 12.7. The first-order chi connectivity index (χ1) is 7.25. The van der Waals surface area contributed by atoms with Gasteiger partial charge < -0.3 is 5.73 Å². The van der Waals surface area contributed by atoms with E-state index in [9.17, 15) is 0 Å². The summed E-state index contributed by atoms with van der Waals surface area (Å²) in [5.74, 6) is 0. The van der Waals surface area contributed by atoms with Crippen LogP contribution in [-0.4, -0.2) is 0 Å². The van der Waals surface area contributed by atoms with Crippen molar-refractivity contribution in [1.29, 1.82) is 0 Å². The van der Waals surface area contributed by atoms with Gasteiger partial charge in [-0.05, 0) is 18.1 Å². The van der Waals surface area contributed by atoms with E-state index in [2.05, 4.69) is 6.92 Å². The van der Waals surface area contributed by atoms with Crippen molar-refractivity contribution in [1.82, 2.24) is 0 Å². The van der Waals surface area contributed by atoms with Crippen LogP contribution in [0.5, 0.6) is 0 Å². The third kappa shape index (κ3) is 4.23. The van der Waals surface area contributed by atoms with Crippen molar-refractivity contribution in [3.8, 4) is 0 Å². The molecule has 1 atom stereocenters. The lowest BCUT2D eigenvalue weighted by molar-refractivity contribution is 0.566. The summed E-state index contributed by atoms with van der Waals surface area (Å²) in [6, 6.07) is 7.95. The Bertz CT molecular complexity index is 286. The zero-order chi connectivity index (χ0) is 11.1. The quantitative estimate of drug-likeness (QED) is 0.718. The van der Waals surface area contributed by atoms with Crippen molar-refractivity contribution >= 4 is 11.6 Å². The fourth-order valence-corrected chi connectivity index (χ4v) is 2.00. The Morgan fingerprint density at radius 3 is 2.60 bits per heavy atom. The summed E-state index contributed by atoms with van der Waals surface area (Å²) >= 11 is 6.08. The standard InChI is InChI=1S/C13H20ClN/c1-2-3-4-5-10-13(15)11-8-6-7-9-12(11)14/h6-9,13H,2-5,10,15H2,1H3. The Morgan fingerprint density at radius 1 is 1.20 bits per heavy atom. The summed E-state index contributed by atoms with van der Waals surface area (Å²) in [7, 11) is 0. The minimum absolute atomic E-state index is 0.0931. The van der Waals surface area contributed by atoms with E-state index in [0.717, 1.165) is 17.0 Å². The Kier molecular flexibility index (Phi) is 5.74. The molecule has 0 heterocycles. The Hall–Kier alpha value is -0.530. The summed E-state index contributed by atoms with van der Waals surface area (Å²) in [6.07, 6.45) is 6.06. The van der Waals surface area contributed by atoms with Crippen molar-refractivity contribution in [3.63, 3.8) is 0 Å². The topological polar surface area (TPSA) is 26.0 Å². The van der Waals surface area contributed by atoms with Crippen molar-refractivity contribution in [2.24, 2.45) is 5.73 Å². The molecule has 1 rings (SSSR count). The summed E-state index contributed by atoms with van der Waals surface area (Å²) in [5, 5.41) is 0.792. The maximum Gasteiger partial charge on any atom is 0.0453 e. The smallest absolute Gasteiger partial charge is 0.0453 e. The molecular weight excluding hydrogens is 206 g/mol. The first-order valence-electron chi connectivity index (χ1n) is 5.75. The highest BCUT2D eigenvalue weighted by Crippen LogP contribution is 2.24. The molecule has 15 heavy (non-hydrogen) atoms. The molecule has 2 N–H and O–H groups in total. The molecule has 0 aliphatic heterocycles. The molecule has 1 aromatic carbocycles. The van der Waals surface area contributed by atoms with Gasteiger partial charge in [0.1, 0.15) is 0 Å². The summed E-state index contributed by atoms with van der Waals surface area (Å²) in [5.41, 5.74) is 7.17. The van der Waals surface area contributed by atoms with E-state index in [-0.39, 0.29) is 6.04 Å². The monoisotopic (exact) mass is 225 g/mol. The number of hydrogen-bond acceptors (Lipinski definition) is 1. The molecule has 0 saturated carbocycles. The molecule has 0 fully saturated rings. The van der Waals surface area contributed by atoms with Gasteiger partial charge in [0.25, 0.3) is 0 Å². The summed E-state index contributed by atoms with van der Waals surface area (Å²) < 4.78 is 0. The molecule has 0 amide bonds. The molecular formula is C13H20ClN. The van der Waals surface area contributed by atoms with Crippen LogP contribution < -0.4 is 5.73 Å². The van der Waals surface area contributed by atoms with Gasteiger partial charge in [-0.3, -0.25) is 0 Å². The first kappa shape index (κ1) is 12.5. The predicted molar refractivity (Wildman–Crippen MR) is 67.1 cm³/mol. The second kappa shape index (κ2) is 6.86. The number of unbranched alkanes of at least 4 members (excludes halogenated alkanes) is 3. The number of hydrogen-bond donors (Lipinski definition) is 1. The van der Waals surface area contributed by atoms with Crippen molar-refractivity contribution in [3.05, 3.63) is 34.9 Å². The Balaban J connectivity index is 2.40. The van der Waals surface area contributed by atoms with Crippen LogP contribution in [0.1, 0.15) is 50.6 Å². The third-order valence-electron chi connectivity index (χ3n) is 2.67. The highest BCUT2D eigenvalue weighted by atomic mass is 35.5. The molecule has 1 aromatic rings. The van der Waals surface area contributed by atoms with Gasteiger partial charge in [-0.2, -0.15) is 0 Å². The van der Waals surface area contributed by atoms with Gasteiger partial charge >= 0.3 is 0 Å². The van der Waals surface area contributed by atoms with Crippen LogP contribution in [0.4, 0.5) is 0 Å². The molecule has 0 aromatic heterocycles. The van der Waals surface area contributed by atoms with Gasteiger partial charge in [0, 0.05) is 11.1 Å². The SMILES string of the molecule is CCCCCCC(N)c1ccccc1Cl. The van der Waals surface area contributed by atoms with Crippen molar-refractivity contribution in [2.45, 2.75) is 45.1 Å². The molecule has 0 spiro atoms. The number of rotatable bonds is 6. The maximum absolute atomic E-state index is 6.09. The molecule has 2 heteroatoms. The van der Waals surface area contributed by atoms with Crippen LogP contribution in [0.3, 0.4) is 0 Å². The predicted octanol–water partition coefficient (Wildman–Crippen LogP) is 4.31. The third-order valence-corrected chi connectivity index (χ3v) is 3.02. The molecule has 1 nitrogen and oxygen atoms in total. The number of nitrogens with two attached hydrogens (primary N) is 1. The van der Waals surface area contributed by atoms with Crippen LogP contribution in [0, 0.1) is 0 Å². The van der Waals surface area contributed by atoms with Gasteiger partial charge in [0.05, 0.1) is 0 Å². The van der Waals surface area contributed by atoms with Crippen molar-refractivity contribution in [2.75, 3.05) is 0 Å². The number of benzene rings is 1. The largest absolute Gasteiger partial charge is 0.324 e. The lowest BCUT2D eigenvalue weighted by Gasteiger charge is -2.13. The highest BCUT2D eigenvalue weighted by molar-refractivity contribution is 6.31. The van der Waals surface area contributed by atoms with Crippen LogP contribution in [-0.2, 0) is 0 Å². The lowest BCUT2D eigenvalue weighted by Crippen LogP contribution is -2.10. The van der Waals surface area contributed by atoms with Gasteiger partial charge in [0.15, 0.2) is 0 Å². The zero-order valence-corrected chi connectivity index (χ0v) is 10.1. The van der Waals surface area contributed by atoms with E-state index in [1.807, 2.05) is 24.3 Å². The molecule has 1 unspecified atom stereocenters. The average molecular weight is 226 g/mol. The van der Waals surface area contributed by atoms with E-state index >= 15 is 0 Å². The van der Waals surface area contributed by atoms with Gasteiger partial charge in [-0.25, -0.2) is 0 Å². The average Bonchev–Trinajstić information content (AvgIpc) is 2.25. The second-order valence-electron chi connectivity index (χ2n) is 3.98. The fraction of sp³-hybridized carbons (Fsp3) is 0.538. The molecule has 84 valence electrons. The second-order valence-corrected chi connectivity index (χ2v) is 4.38. The van der Waals surface area contributed by atoms with E-state index < -0.39 is 0 Å². The molecule has 0 aliphatic carbocycles. The molecule has 0 radical (unpaired) electrons. The van der Waals surface area contributed by atoms with Crippen LogP contribution in [0.25, 0.3) is 0 Å². The maximum atomic E-state index is 6.09. The van der Waals surface area contributed by atoms with Crippen LogP contribution in [0.2, 0.25) is 5.02 Å². The zero-order valence-electron chi connectivity index (χ0n) is 9.38. The van der Waals surface area contributed by atoms with Gasteiger partial charge in [-0.15, -0.1) is 0 Å².